The fourth-order valence-corrected chi connectivity index (χ4v) is 7.20. The summed E-state index contributed by atoms with van der Waals surface area (Å²) in [6.45, 7) is 4.36. The topological polar surface area (TPSA) is 79.2 Å². The van der Waals surface area contributed by atoms with Crippen LogP contribution in [0.15, 0.2) is 17.5 Å². The third-order valence-electron chi connectivity index (χ3n) is 6.39. The first kappa shape index (κ1) is 19.8. The molecular formula is C19H28N3O4S2+. The first-order valence-corrected chi connectivity index (χ1v) is 12.8. The Morgan fingerprint density at radius 2 is 1.75 bits per heavy atom. The molecule has 154 valence electrons. The van der Waals surface area contributed by atoms with Crippen molar-refractivity contribution >= 4 is 33.0 Å². The number of carbonyl (C=O) groups excluding carboxylic acids is 2. The van der Waals surface area contributed by atoms with Gasteiger partial charge in [0.25, 0.3) is 5.91 Å². The van der Waals surface area contributed by atoms with Crippen molar-refractivity contribution in [3.63, 3.8) is 0 Å². The summed E-state index contributed by atoms with van der Waals surface area (Å²) >= 11 is 1.46. The molecule has 3 fully saturated rings. The van der Waals surface area contributed by atoms with Crippen molar-refractivity contribution in [1.82, 2.24) is 9.80 Å². The van der Waals surface area contributed by atoms with Gasteiger partial charge in [0.15, 0.2) is 9.84 Å². The predicted octanol–water partition coefficient (Wildman–Crippen LogP) is -0.485. The van der Waals surface area contributed by atoms with Gasteiger partial charge in [-0.15, -0.1) is 11.3 Å². The number of thiophene rings is 1. The summed E-state index contributed by atoms with van der Waals surface area (Å²) in [7, 11) is -2.85. The Labute approximate surface area is 170 Å². The number of piperidine rings is 1. The van der Waals surface area contributed by atoms with Gasteiger partial charge in [-0.3, -0.25) is 9.59 Å². The minimum Gasteiger partial charge on any atom is -0.338 e. The van der Waals surface area contributed by atoms with Crippen LogP contribution in [0.3, 0.4) is 0 Å². The molecule has 0 unspecified atom stereocenters. The van der Waals surface area contributed by atoms with Gasteiger partial charge in [0, 0.05) is 25.4 Å². The largest absolute Gasteiger partial charge is 0.338 e. The number of nitrogens with zero attached hydrogens (tertiary/aromatic N) is 2. The lowest BCUT2D eigenvalue weighted by Crippen LogP contribution is -3.18. The summed E-state index contributed by atoms with van der Waals surface area (Å²) in [6.07, 6.45) is 2.20. The van der Waals surface area contributed by atoms with Gasteiger partial charge in [-0.25, -0.2) is 8.42 Å². The number of amides is 2. The molecule has 1 N–H and O–H groups in total. The maximum Gasteiger partial charge on any atom is 0.263 e. The third kappa shape index (κ3) is 4.26. The van der Waals surface area contributed by atoms with Gasteiger partial charge >= 0.3 is 0 Å². The summed E-state index contributed by atoms with van der Waals surface area (Å²) in [5.74, 6) is 0.895. The third-order valence-corrected chi connectivity index (χ3v) is 9.02. The Morgan fingerprint density at radius 1 is 1.04 bits per heavy atom. The highest BCUT2D eigenvalue weighted by Crippen LogP contribution is 2.22. The van der Waals surface area contributed by atoms with Crippen LogP contribution in [0.2, 0.25) is 0 Å². The molecular weight excluding hydrogens is 398 g/mol. The standard InChI is InChI=1S/C19H27N3O4S2/c23-18(15-3-6-21(7-4-15)19(24)17-2-1-12-27-17)22-10-8-20(9-11-22)16-5-13-28(25,26)14-16/h1-2,12,15-16H,3-11,13-14H2/p+1/t16-/m1/s1. The fourth-order valence-electron chi connectivity index (χ4n) is 4.68. The Hall–Kier alpha value is -1.45. The van der Waals surface area contributed by atoms with Gasteiger partial charge < -0.3 is 14.7 Å². The predicted molar refractivity (Wildman–Crippen MR) is 107 cm³/mol. The van der Waals surface area contributed by atoms with E-state index in [4.69, 9.17) is 0 Å². The zero-order valence-corrected chi connectivity index (χ0v) is 17.6. The van der Waals surface area contributed by atoms with Gasteiger partial charge in [-0.1, -0.05) is 6.07 Å². The molecule has 4 rings (SSSR count). The number of rotatable bonds is 3. The summed E-state index contributed by atoms with van der Waals surface area (Å²) in [5.41, 5.74) is 0. The second-order valence-corrected chi connectivity index (χ2v) is 11.3. The van der Waals surface area contributed by atoms with Crippen LogP contribution in [0.5, 0.6) is 0 Å². The highest BCUT2D eigenvalue weighted by Gasteiger charge is 2.38. The smallest absolute Gasteiger partial charge is 0.263 e. The summed E-state index contributed by atoms with van der Waals surface area (Å²) in [5, 5.41) is 1.91. The van der Waals surface area contributed by atoms with Crippen LogP contribution in [-0.4, -0.2) is 86.8 Å². The van der Waals surface area contributed by atoms with Crippen LogP contribution in [0.4, 0.5) is 0 Å². The van der Waals surface area contributed by atoms with E-state index < -0.39 is 9.84 Å². The van der Waals surface area contributed by atoms with Crippen molar-refractivity contribution in [2.75, 3.05) is 50.8 Å². The van der Waals surface area contributed by atoms with Crippen LogP contribution in [-0.2, 0) is 14.6 Å². The molecule has 7 nitrogen and oxygen atoms in total. The van der Waals surface area contributed by atoms with E-state index in [0.29, 0.717) is 37.7 Å². The highest BCUT2D eigenvalue weighted by atomic mass is 32.2. The highest BCUT2D eigenvalue weighted by molar-refractivity contribution is 7.91. The molecule has 9 heteroatoms. The van der Waals surface area contributed by atoms with E-state index in [-0.39, 0.29) is 23.8 Å². The molecule has 1 atom stereocenters. The number of likely N-dealkylation sites (tertiary alicyclic amines) is 1. The molecule has 1 aromatic rings. The lowest BCUT2D eigenvalue weighted by Gasteiger charge is -2.38. The van der Waals surface area contributed by atoms with E-state index in [1.807, 2.05) is 27.3 Å². The number of carbonyl (C=O) groups is 2. The van der Waals surface area contributed by atoms with Crippen molar-refractivity contribution in [2.45, 2.75) is 25.3 Å². The summed E-state index contributed by atoms with van der Waals surface area (Å²) in [6, 6.07) is 3.94. The Kier molecular flexibility index (Phi) is 5.76. The van der Waals surface area contributed by atoms with Crippen molar-refractivity contribution in [3.8, 4) is 0 Å². The lowest BCUT2D eigenvalue weighted by atomic mass is 9.94. The lowest BCUT2D eigenvalue weighted by molar-refractivity contribution is -0.925. The molecule has 0 saturated carbocycles. The zero-order valence-electron chi connectivity index (χ0n) is 16.0. The minimum absolute atomic E-state index is 0.000735. The van der Waals surface area contributed by atoms with Crippen LogP contribution < -0.4 is 4.90 Å². The first-order valence-electron chi connectivity index (χ1n) is 10.1. The molecule has 1 aromatic heterocycles. The molecule has 0 spiro atoms. The molecule has 0 bridgehead atoms. The van der Waals surface area contributed by atoms with E-state index in [0.717, 1.165) is 37.2 Å². The van der Waals surface area contributed by atoms with Gasteiger partial charge in [-0.05, 0) is 24.3 Å². The monoisotopic (exact) mass is 426 g/mol. The van der Waals surface area contributed by atoms with Crippen molar-refractivity contribution in [3.05, 3.63) is 22.4 Å². The molecule has 3 aliphatic rings. The van der Waals surface area contributed by atoms with E-state index in [1.165, 1.54) is 16.2 Å². The van der Waals surface area contributed by atoms with Gasteiger partial charge in [-0.2, -0.15) is 0 Å². The van der Waals surface area contributed by atoms with E-state index in [1.54, 1.807) is 0 Å². The average molecular weight is 427 g/mol. The maximum atomic E-state index is 12.9. The van der Waals surface area contributed by atoms with Crippen molar-refractivity contribution in [1.29, 1.82) is 0 Å². The average Bonchev–Trinajstić information content (AvgIpc) is 3.37. The number of hydrogen-bond acceptors (Lipinski definition) is 5. The molecule has 3 saturated heterocycles. The summed E-state index contributed by atoms with van der Waals surface area (Å²) < 4.78 is 23.4. The second kappa shape index (κ2) is 8.12. The minimum atomic E-state index is -2.85. The van der Waals surface area contributed by atoms with Crippen molar-refractivity contribution < 1.29 is 22.9 Å². The molecule has 4 heterocycles. The Morgan fingerprint density at radius 3 is 2.32 bits per heavy atom. The summed E-state index contributed by atoms with van der Waals surface area (Å²) in [4.78, 5) is 31.3. The number of piperazine rings is 1. The molecule has 2 amide bonds. The van der Waals surface area contributed by atoms with Crippen LogP contribution >= 0.6 is 11.3 Å². The Bertz CT molecular complexity index is 808. The van der Waals surface area contributed by atoms with Gasteiger partial charge in [0.2, 0.25) is 5.91 Å². The van der Waals surface area contributed by atoms with Gasteiger partial charge in [0.1, 0.15) is 11.8 Å². The number of nitrogens with one attached hydrogen (secondary N) is 1. The van der Waals surface area contributed by atoms with Crippen LogP contribution in [0.1, 0.15) is 28.9 Å². The van der Waals surface area contributed by atoms with Crippen LogP contribution in [0.25, 0.3) is 0 Å². The second-order valence-electron chi connectivity index (χ2n) is 8.13. The van der Waals surface area contributed by atoms with E-state index >= 15 is 0 Å². The SMILES string of the molecule is O=C(c1cccs1)N1CCC(C(=O)N2CC[NH+]([C@@H]3CCS(=O)(=O)C3)CC2)CC1. The molecule has 0 aliphatic carbocycles. The molecule has 0 aromatic carbocycles. The number of quaternary nitrogens is 1. The molecule has 28 heavy (non-hydrogen) atoms. The van der Waals surface area contributed by atoms with E-state index in [9.17, 15) is 18.0 Å². The molecule has 3 aliphatic heterocycles. The first-order chi connectivity index (χ1) is 13.4. The van der Waals surface area contributed by atoms with Gasteiger partial charge in [0.05, 0.1) is 36.8 Å². The van der Waals surface area contributed by atoms with Crippen LogP contribution in [0, 0.1) is 5.92 Å². The van der Waals surface area contributed by atoms with Crippen molar-refractivity contribution in [2.24, 2.45) is 5.92 Å². The maximum absolute atomic E-state index is 12.9. The normalized spacial score (nSPS) is 26.5. The molecule has 0 radical (unpaired) electrons. The zero-order chi connectivity index (χ0) is 19.7. The Balaban J connectivity index is 1.24. The fraction of sp³-hybridized carbons (Fsp3) is 0.684. The number of hydrogen-bond donors (Lipinski definition) is 1. The quantitative estimate of drug-likeness (QED) is 0.708. The van der Waals surface area contributed by atoms with E-state index in [2.05, 4.69) is 0 Å². The number of sulfone groups is 1.